The van der Waals surface area contributed by atoms with Crippen LogP contribution in [0.5, 0.6) is 0 Å². The molecule has 4 nitrogen and oxygen atoms in total. The molecule has 0 unspecified atom stereocenters. The Kier molecular flexibility index (Phi) is 5.92. The van der Waals surface area contributed by atoms with Gasteiger partial charge in [0.25, 0.3) is 0 Å². The standard InChI is InChI=1S/C13H26N2O2/c1-3-5-8-14-11-13(17)6-9-15(10-7-13)12(16)4-2/h14,17H,3-11H2,1-2H3. The number of aliphatic hydroxyl groups is 1. The zero-order valence-corrected chi connectivity index (χ0v) is 11.2. The van der Waals surface area contributed by atoms with E-state index in [2.05, 4.69) is 12.2 Å². The Balaban J connectivity index is 2.26. The Morgan fingerprint density at radius 2 is 2.00 bits per heavy atom. The molecule has 0 aliphatic carbocycles. The quantitative estimate of drug-likeness (QED) is 0.687. The second kappa shape index (κ2) is 6.97. The third-order valence-corrected chi connectivity index (χ3v) is 3.51. The average Bonchev–Trinajstić information content (AvgIpc) is 2.35. The minimum absolute atomic E-state index is 0.200. The Morgan fingerprint density at radius 1 is 1.35 bits per heavy atom. The summed E-state index contributed by atoms with van der Waals surface area (Å²) in [7, 11) is 0. The van der Waals surface area contributed by atoms with Crippen molar-refractivity contribution in [3.05, 3.63) is 0 Å². The maximum Gasteiger partial charge on any atom is 0.222 e. The van der Waals surface area contributed by atoms with Crippen LogP contribution in [0.1, 0.15) is 46.0 Å². The number of hydrogen-bond donors (Lipinski definition) is 2. The number of rotatable bonds is 6. The van der Waals surface area contributed by atoms with Crippen molar-refractivity contribution in [1.82, 2.24) is 10.2 Å². The summed E-state index contributed by atoms with van der Waals surface area (Å²) in [6.07, 6.45) is 4.27. The first kappa shape index (κ1) is 14.5. The minimum Gasteiger partial charge on any atom is -0.388 e. The van der Waals surface area contributed by atoms with Gasteiger partial charge in [0.2, 0.25) is 5.91 Å². The van der Waals surface area contributed by atoms with Crippen LogP contribution < -0.4 is 5.32 Å². The van der Waals surface area contributed by atoms with Gasteiger partial charge in [0, 0.05) is 26.1 Å². The number of piperidine rings is 1. The van der Waals surface area contributed by atoms with Gasteiger partial charge in [-0.1, -0.05) is 20.3 Å². The first-order chi connectivity index (χ1) is 8.11. The van der Waals surface area contributed by atoms with Crippen LogP contribution in [-0.2, 0) is 4.79 Å². The number of carbonyl (C=O) groups excluding carboxylic acids is 1. The molecular formula is C13H26N2O2. The normalized spacial score (nSPS) is 19.4. The number of carbonyl (C=O) groups is 1. The lowest BCUT2D eigenvalue weighted by Gasteiger charge is -2.38. The van der Waals surface area contributed by atoms with Crippen molar-refractivity contribution >= 4 is 5.91 Å². The van der Waals surface area contributed by atoms with Gasteiger partial charge in [-0.2, -0.15) is 0 Å². The predicted molar refractivity (Wildman–Crippen MR) is 68.8 cm³/mol. The highest BCUT2D eigenvalue weighted by molar-refractivity contribution is 5.75. The average molecular weight is 242 g/mol. The van der Waals surface area contributed by atoms with E-state index in [1.54, 1.807) is 0 Å². The molecule has 1 aliphatic rings. The zero-order chi connectivity index (χ0) is 12.7. The molecule has 0 aromatic carbocycles. The lowest BCUT2D eigenvalue weighted by Crippen LogP contribution is -2.51. The molecule has 0 atom stereocenters. The van der Waals surface area contributed by atoms with E-state index in [0.717, 1.165) is 13.0 Å². The number of likely N-dealkylation sites (tertiary alicyclic amines) is 1. The topological polar surface area (TPSA) is 52.6 Å². The van der Waals surface area contributed by atoms with Crippen LogP contribution >= 0.6 is 0 Å². The van der Waals surface area contributed by atoms with E-state index in [9.17, 15) is 9.90 Å². The van der Waals surface area contributed by atoms with Crippen molar-refractivity contribution in [3.63, 3.8) is 0 Å². The van der Waals surface area contributed by atoms with Gasteiger partial charge in [0.05, 0.1) is 5.60 Å². The molecule has 1 rings (SSSR count). The fourth-order valence-corrected chi connectivity index (χ4v) is 2.20. The second-order valence-corrected chi connectivity index (χ2v) is 4.99. The molecule has 0 spiro atoms. The summed E-state index contributed by atoms with van der Waals surface area (Å²) in [5.41, 5.74) is -0.613. The second-order valence-electron chi connectivity index (χ2n) is 4.99. The van der Waals surface area contributed by atoms with E-state index < -0.39 is 5.60 Å². The zero-order valence-electron chi connectivity index (χ0n) is 11.2. The number of amides is 1. The first-order valence-corrected chi connectivity index (χ1v) is 6.82. The third-order valence-electron chi connectivity index (χ3n) is 3.51. The molecule has 0 saturated carbocycles. The fourth-order valence-electron chi connectivity index (χ4n) is 2.20. The van der Waals surface area contributed by atoms with Crippen molar-refractivity contribution in [2.45, 2.75) is 51.6 Å². The Labute approximate surface area is 104 Å². The van der Waals surface area contributed by atoms with Gasteiger partial charge in [-0.3, -0.25) is 4.79 Å². The van der Waals surface area contributed by atoms with Crippen LogP contribution in [0.25, 0.3) is 0 Å². The number of nitrogens with zero attached hydrogens (tertiary/aromatic N) is 1. The fraction of sp³-hybridized carbons (Fsp3) is 0.923. The van der Waals surface area contributed by atoms with Crippen molar-refractivity contribution in [3.8, 4) is 0 Å². The summed E-state index contributed by atoms with van der Waals surface area (Å²) in [5.74, 6) is 0.200. The number of hydrogen-bond acceptors (Lipinski definition) is 3. The molecule has 1 aliphatic heterocycles. The molecule has 4 heteroatoms. The van der Waals surface area contributed by atoms with E-state index >= 15 is 0 Å². The first-order valence-electron chi connectivity index (χ1n) is 6.82. The Hall–Kier alpha value is -0.610. The van der Waals surface area contributed by atoms with Crippen molar-refractivity contribution in [2.75, 3.05) is 26.2 Å². The minimum atomic E-state index is -0.613. The molecule has 0 aromatic heterocycles. The van der Waals surface area contributed by atoms with E-state index in [1.165, 1.54) is 6.42 Å². The SMILES string of the molecule is CCCCNCC1(O)CCN(C(=O)CC)CC1. The summed E-state index contributed by atoms with van der Waals surface area (Å²) < 4.78 is 0. The molecule has 1 fully saturated rings. The van der Waals surface area contributed by atoms with E-state index in [-0.39, 0.29) is 5.91 Å². The van der Waals surface area contributed by atoms with Crippen LogP contribution in [0.2, 0.25) is 0 Å². The smallest absolute Gasteiger partial charge is 0.222 e. The predicted octanol–water partition coefficient (Wildman–Crippen LogP) is 1.14. The monoisotopic (exact) mass is 242 g/mol. The van der Waals surface area contributed by atoms with Crippen molar-refractivity contribution < 1.29 is 9.90 Å². The van der Waals surface area contributed by atoms with Gasteiger partial charge < -0.3 is 15.3 Å². The van der Waals surface area contributed by atoms with E-state index in [4.69, 9.17) is 0 Å². The third kappa shape index (κ3) is 4.64. The van der Waals surface area contributed by atoms with Gasteiger partial charge >= 0.3 is 0 Å². The number of unbranched alkanes of at least 4 members (excludes halogenated alkanes) is 1. The molecule has 1 heterocycles. The highest BCUT2D eigenvalue weighted by atomic mass is 16.3. The van der Waals surface area contributed by atoms with E-state index in [1.807, 2.05) is 11.8 Å². The Morgan fingerprint density at radius 3 is 2.53 bits per heavy atom. The summed E-state index contributed by atoms with van der Waals surface area (Å²) in [5, 5.41) is 13.6. The van der Waals surface area contributed by atoms with Crippen LogP contribution in [0.3, 0.4) is 0 Å². The summed E-state index contributed by atoms with van der Waals surface area (Å²) in [6.45, 7) is 7.05. The van der Waals surface area contributed by atoms with Gasteiger partial charge in [0.1, 0.15) is 0 Å². The lowest BCUT2D eigenvalue weighted by molar-refractivity contribution is -0.134. The molecule has 100 valence electrons. The van der Waals surface area contributed by atoms with Crippen molar-refractivity contribution in [1.29, 1.82) is 0 Å². The van der Waals surface area contributed by atoms with Gasteiger partial charge in [-0.25, -0.2) is 0 Å². The maximum atomic E-state index is 11.5. The van der Waals surface area contributed by atoms with Gasteiger partial charge in [-0.15, -0.1) is 0 Å². The van der Waals surface area contributed by atoms with Crippen LogP contribution in [0.4, 0.5) is 0 Å². The molecule has 0 radical (unpaired) electrons. The van der Waals surface area contributed by atoms with Crippen LogP contribution in [0.15, 0.2) is 0 Å². The highest BCUT2D eigenvalue weighted by Gasteiger charge is 2.32. The molecule has 0 bridgehead atoms. The summed E-state index contributed by atoms with van der Waals surface area (Å²) in [4.78, 5) is 13.4. The molecule has 1 amide bonds. The number of nitrogens with one attached hydrogen (secondary N) is 1. The maximum absolute atomic E-state index is 11.5. The van der Waals surface area contributed by atoms with Gasteiger partial charge in [0.15, 0.2) is 0 Å². The summed E-state index contributed by atoms with van der Waals surface area (Å²) >= 11 is 0. The highest BCUT2D eigenvalue weighted by Crippen LogP contribution is 2.21. The molecule has 0 aromatic rings. The lowest BCUT2D eigenvalue weighted by atomic mass is 9.91. The Bertz CT molecular complexity index is 236. The summed E-state index contributed by atoms with van der Waals surface area (Å²) in [6, 6.07) is 0. The molecular weight excluding hydrogens is 216 g/mol. The van der Waals surface area contributed by atoms with Gasteiger partial charge in [-0.05, 0) is 25.8 Å². The van der Waals surface area contributed by atoms with Crippen LogP contribution in [-0.4, -0.2) is 47.7 Å². The molecule has 1 saturated heterocycles. The molecule has 2 N–H and O–H groups in total. The largest absolute Gasteiger partial charge is 0.388 e. The molecule has 17 heavy (non-hydrogen) atoms. The van der Waals surface area contributed by atoms with Crippen LogP contribution in [0, 0.1) is 0 Å². The van der Waals surface area contributed by atoms with Crippen molar-refractivity contribution in [2.24, 2.45) is 0 Å². The van der Waals surface area contributed by atoms with E-state index in [0.29, 0.717) is 38.9 Å².